The highest BCUT2D eigenvalue weighted by molar-refractivity contribution is 6.30. The van der Waals surface area contributed by atoms with Gasteiger partial charge in [-0.25, -0.2) is 18.3 Å². The maximum absolute atomic E-state index is 12.9. The van der Waals surface area contributed by atoms with Crippen molar-refractivity contribution in [1.29, 1.82) is 0 Å². The van der Waals surface area contributed by atoms with Gasteiger partial charge in [-0.1, -0.05) is 11.6 Å². The molecular formula is C22H23ClF2N8O2. The molecular weight excluding hydrogens is 482 g/mol. The van der Waals surface area contributed by atoms with Crippen LogP contribution in [0.15, 0.2) is 43.2 Å². The smallest absolute Gasteiger partial charge is 0.257 e. The Bertz CT molecular complexity index is 1350. The average molecular weight is 505 g/mol. The molecule has 184 valence electrons. The molecule has 4 rings (SSSR count). The minimum atomic E-state index is -2.55. The highest BCUT2D eigenvalue weighted by Crippen LogP contribution is 2.28. The molecule has 0 aliphatic rings. The van der Waals surface area contributed by atoms with Gasteiger partial charge in [0.2, 0.25) is 0 Å². The van der Waals surface area contributed by atoms with Crippen LogP contribution in [-0.2, 0) is 6.54 Å². The molecule has 0 aromatic carbocycles. The second kappa shape index (κ2) is 9.92. The summed E-state index contributed by atoms with van der Waals surface area (Å²) in [5, 5.41) is 24.3. The predicted molar refractivity (Wildman–Crippen MR) is 126 cm³/mol. The van der Waals surface area contributed by atoms with Crippen LogP contribution in [0.25, 0.3) is 16.9 Å². The third-order valence-electron chi connectivity index (χ3n) is 5.01. The number of rotatable bonds is 9. The zero-order chi connectivity index (χ0) is 25.2. The molecule has 0 spiro atoms. The highest BCUT2D eigenvalue weighted by Gasteiger charge is 2.19. The van der Waals surface area contributed by atoms with Gasteiger partial charge in [-0.2, -0.15) is 10.2 Å². The van der Waals surface area contributed by atoms with Crippen LogP contribution in [0.1, 0.15) is 30.6 Å². The number of hydrogen-bond acceptors (Lipinski definition) is 7. The minimum absolute atomic E-state index is 0.221. The lowest BCUT2D eigenvalue weighted by Gasteiger charge is -2.17. The first kappa shape index (κ1) is 24.5. The number of aliphatic hydroxyl groups is 1. The third kappa shape index (κ3) is 6.08. The van der Waals surface area contributed by atoms with Crippen molar-refractivity contribution >= 4 is 34.5 Å². The molecule has 10 nitrogen and oxygen atoms in total. The summed E-state index contributed by atoms with van der Waals surface area (Å²) >= 11 is 5.98. The van der Waals surface area contributed by atoms with E-state index in [0.29, 0.717) is 39.7 Å². The van der Waals surface area contributed by atoms with Crippen LogP contribution in [0.3, 0.4) is 0 Å². The Kier molecular flexibility index (Phi) is 6.94. The lowest BCUT2D eigenvalue weighted by atomic mass is 10.1. The molecule has 0 unspecified atom stereocenters. The minimum Gasteiger partial charge on any atom is -0.390 e. The summed E-state index contributed by atoms with van der Waals surface area (Å²) in [6.07, 6.45) is 6.68. The SMILES string of the molecule is CC(C)(O)CCNC(=O)c1cnc(-c2cnn3cc(Cl)cnc23)cc1Nc1cnn(CC(F)F)c1. The van der Waals surface area contributed by atoms with Gasteiger partial charge in [0.15, 0.2) is 5.65 Å². The molecule has 0 fully saturated rings. The van der Waals surface area contributed by atoms with E-state index in [1.807, 2.05) is 0 Å². The van der Waals surface area contributed by atoms with Gasteiger partial charge in [0, 0.05) is 25.1 Å². The Balaban J connectivity index is 1.67. The van der Waals surface area contributed by atoms with Gasteiger partial charge < -0.3 is 15.7 Å². The first-order valence-corrected chi connectivity index (χ1v) is 11.0. The van der Waals surface area contributed by atoms with Gasteiger partial charge in [0.25, 0.3) is 12.3 Å². The Hall–Kier alpha value is -3.64. The van der Waals surface area contributed by atoms with Crippen LogP contribution in [0.4, 0.5) is 20.2 Å². The Labute approximate surface area is 204 Å². The van der Waals surface area contributed by atoms with Crippen LogP contribution in [0.5, 0.6) is 0 Å². The lowest BCUT2D eigenvalue weighted by Crippen LogP contribution is -2.31. The van der Waals surface area contributed by atoms with Crippen molar-refractivity contribution in [1.82, 2.24) is 34.7 Å². The molecule has 4 aromatic rings. The number of carbonyl (C=O) groups is 1. The second-order valence-corrected chi connectivity index (χ2v) is 8.94. The fourth-order valence-corrected chi connectivity index (χ4v) is 3.46. The summed E-state index contributed by atoms with van der Waals surface area (Å²) in [7, 11) is 0. The summed E-state index contributed by atoms with van der Waals surface area (Å²) in [5.74, 6) is -0.416. The van der Waals surface area contributed by atoms with Crippen molar-refractivity contribution in [3.63, 3.8) is 0 Å². The molecule has 0 saturated heterocycles. The molecule has 0 atom stereocenters. The van der Waals surface area contributed by atoms with Gasteiger partial charge in [0.1, 0.15) is 6.54 Å². The number of amides is 1. The second-order valence-electron chi connectivity index (χ2n) is 8.50. The van der Waals surface area contributed by atoms with Crippen molar-refractivity contribution < 1.29 is 18.7 Å². The summed E-state index contributed by atoms with van der Waals surface area (Å²) in [6.45, 7) is 2.99. The number of fused-ring (bicyclic) bond motifs is 1. The van der Waals surface area contributed by atoms with Gasteiger partial charge in [0.05, 0.1) is 57.4 Å². The zero-order valence-electron chi connectivity index (χ0n) is 18.9. The first-order valence-electron chi connectivity index (χ1n) is 10.7. The van der Waals surface area contributed by atoms with Gasteiger partial charge in [-0.05, 0) is 26.3 Å². The van der Waals surface area contributed by atoms with Crippen molar-refractivity contribution in [2.45, 2.75) is 38.8 Å². The molecule has 4 aromatic heterocycles. The van der Waals surface area contributed by atoms with Crippen molar-refractivity contribution in [2.75, 3.05) is 11.9 Å². The first-order chi connectivity index (χ1) is 16.6. The maximum Gasteiger partial charge on any atom is 0.257 e. The zero-order valence-corrected chi connectivity index (χ0v) is 19.7. The number of nitrogens with one attached hydrogen (secondary N) is 2. The highest BCUT2D eigenvalue weighted by atomic mass is 35.5. The molecule has 0 aliphatic carbocycles. The number of hydrogen-bond donors (Lipinski definition) is 3. The van der Waals surface area contributed by atoms with E-state index in [4.69, 9.17) is 11.6 Å². The topological polar surface area (TPSA) is 122 Å². The van der Waals surface area contributed by atoms with E-state index >= 15 is 0 Å². The molecule has 4 heterocycles. The van der Waals surface area contributed by atoms with Crippen LogP contribution >= 0.6 is 11.6 Å². The Morgan fingerprint density at radius 1 is 1.17 bits per heavy atom. The number of nitrogens with zero attached hydrogens (tertiary/aromatic N) is 6. The standard InChI is InChI=1S/C22H23ClF2N8O2/c1-22(2,35)3-4-26-21(34)16-8-27-17(15-9-30-33-10-13(23)6-28-20(15)33)5-18(16)31-14-7-29-32(11-14)12-19(24)25/h5-11,19,35H,3-4,12H2,1-2H3,(H,26,34)(H,27,31). The third-order valence-corrected chi connectivity index (χ3v) is 5.20. The average Bonchev–Trinajstić information content (AvgIpc) is 3.38. The van der Waals surface area contributed by atoms with Crippen molar-refractivity contribution in [3.05, 3.63) is 53.8 Å². The summed E-state index contributed by atoms with van der Waals surface area (Å²) in [5.41, 5.74) is 1.67. The quantitative estimate of drug-likeness (QED) is 0.318. The van der Waals surface area contributed by atoms with Crippen LogP contribution in [-0.4, -0.2) is 58.9 Å². The molecule has 0 radical (unpaired) electrons. The molecule has 0 saturated carbocycles. The largest absolute Gasteiger partial charge is 0.390 e. The van der Waals surface area contributed by atoms with Crippen molar-refractivity contribution in [2.24, 2.45) is 0 Å². The Morgan fingerprint density at radius 2 is 1.97 bits per heavy atom. The fraction of sp³-hybridized carbons (Fsp3) is 0.318. The number of aromatic nitrogens is 6. The molecule has 35 heavy (non-hydrogen) atoms. The monoisotopic (exact) mass is 504 g/mol. The lowest BCUT2D eigenvalue weighted by molar-refractivity contribution is 0.0693. The number of carbonyl (C=O) groups excluding carboxylic acids is 1. The molecule has 0 aliphatic heterocycles. The Morgan fingerprint density at radius 3 is 2.71 bits per heavy atom. The fourth-order valence-electron chi connectivity index (χ4n) is 3.32. The molecule has 3 N–H and O–H groups in total. The number of anilines is 2. The normalized spacial score (nSPS) is 11.9. The summed E-state index contributed by atoms with van der Waals surface area (Å²) in [6, 6.07) is 1.64. The van der Waals surface area contributed by atoms with Gasteiger partial charge in [-0.3, -0.25) is 14.5 Å². The number of pyridine rings is 1. The molecule has 13 heteroatoms. The van der Waals surface area contributed by atoms with Gasteiger partial charge >= 0.3 is 0 Å². The molecule has 1 amide bonds. The van der Waals surface area contributed by atoms with E-state index in [9.17, 15) is 18.7 Å². The van der Waals surface area contributed by atoms with Crippen molar-refractivity contribution in [3.8, 4) is 11.3 Å². The summed E-state index contributed by atoms with van der Waals surface area (Å²) in [4.78, 5) is 21.6. The van der Waals surface area contributed by atoms with Crippen LogP contribution in [0.2, 0.25) is 5.02 Å². The van der Waals surface area contributed by atoms with E-state index in [2.05, 4.69) is 30.8 Å². The van der Waals surface area contributed by atoms with E-state index in [1.165, 1.54) is 29.3 Å². The van der Waals surface area contributed by atoms with E-state index in [1.54, 1.807) is 32.3 Å². The van der Waals surface area contributed by atoms with Gasteiger partial charge in [-0.15, -0.1) is 0 Å². The van der Waals surface area contributed by atoms with E-state index < -0.39 is 24.5 Å². The van der Waals surface area contributed by atoms with E-state index in [-0.39, 0.29) is 12.1 Å². The van der Waals surface area contributed by atoms with E-state index in [0.717, 1.165) is 4.68 Å². The van der Waals surface area contributed by atoms with Crippen LogP contribution < -0.4 is 10.6 Å². The number of halogens is 3. The number of alkyl halides is 2. The maximum atomic E-state index is 12.9. The van der Waals surface area contributed by atoms with Crippen LogP contribution in [0, 0.1) is 0 Å². The summed E-state index contributed by atoms with van der Waals surface area (Å²) < 4.78 is 28.0. The predicted octanol–water partition coefficient (Wildman–Crippen LogP) is 3.54. The molecule has 0 bridgehead atoms.